The average Bonchev–Trinajstić information content (AvgIpc) is 3.01. The molecule has 1 saturated carbocycles. The van der Waals surface area contributed by atoms with Crippen molar-refractivity contribution in [2.45, 2.75) is 51.7 Å². The molecule has 4 heteroatoms. The minimum atomic E-state index is 0.124. The smallest absolute Gasteiger partial charge is 0.130 e. The zero-order valence-electron chi connectivity index (χ0n) is 10.7. The van der Waals surface area contributed by atoms with Crippen molar-refractivity contribution in [1.82, 2.24) is 10.3 Å². The van der Waals surface area contributed by atoms with Crippen LogP contribution in [-0.2, 0) is 6.54 Å². The van der Waals surface area contributed by atoms with E-state index in [0.29, 0.717) is 6.04 Å². The molecular formula is C13H20BrN3. The number of anilines is 1. The standard InChI is InChI=1S/C13H20BrN3/c1-13(2,3)16-7-9-6-10(14)8-15-12(9)17-11-4-5-11/h6,8,11,16H,4-5,7H2,1-3H3,(H,15,17). The fourth-order valence-corrected chi connectivity index (χ4v) is 1.91. The number of nitrogens with zero attached hydrogens (tertiary/aromatic N) is 1. The summed E-state index contributed by atoms with van der Waals surface area (Å²) in [4.78, 5) is 4.46. The number of nitrogens with one attached hydrogen (secondary N) is 2. The Bertz CT molecular complexity index is 394. The fraction of sp³-hybridized carbons (Fsp3) is 0.615. The Balaban J connectivity index is 2.08. The van der Waals surface area contributed by atoms with E-state index in [9.17, 15) is 0 Å². The average molecular weight is 298 g/mol. The lowest BCUT2D eigenvalue weighted by atomic mass is 10.1. The molecule has 1 aromatic rings. The molecule has 2 rings (SSSR count). The van der Waals surface area contributed by atoms with E-state index in [0.717, 1.165) is 16.8 Å². The molecule has 0 radical (unpaired) electrons. The lowest BCUT2D eigenvalue weighted by Crippen LogP contribution is -2.35. The van der Waals surface area contributed by atoms with Gasteiger partial charge in [-0.15, -0.1) is 0 Å². The van der Waals surface area contributed by atoms with Gasteiger partial charge in [-0.3, -0.25) is 0 Å². The van der Waals surface area contributed by atoms with Crippen molar-refractivity contribution >= 4 is 21.7 Å². The van der Waals surface area contributed by atoms with Crippen LogP contribution in [0.15, 0.2) is 16.7 Å². The minimum absolute atomic E-state index is 0.124. The number of hydrogen-bond donors (Lipinski definition) is 2. The van der Waals surface area contributed by atoms with E-state index in [1.54, 1.807) is 0 Å². The number of pyridine rings is 1. The van der Waals surface area contributed by atoms with Crippen LogP contribution >= 0.6 is 15.9 Å². The van der Waals surface area contributed by atoms with Crippen LogP contribution < -0.4 is 10.6 Å². The summed E-state index contributed by atoms with van der Waals surface area (Å²) in [5.74, 6) is 1.02. The lowest BCUT2D eigenvalue weighted by Gasteiger charge is -2.21. The molecule has 0 bridgehead atoms. The molecule has 1 aromatic heterocycles. The van der Waals surface area contributed by atoms with E-state index in [2.05, 4.69) is 58.4 Å². The molecule has 1 heterocycles. The predicted molar refractivity (Wildman–Crippen MR) is 75.2 cm³/mol. The SMILES string of the molecule is CC(C)(C)NCc1cc(Br)cnc1NC1CC1. The summed E-state index contributed by atoms with van der Waals surface area (Å²) in [7, 11) is 0. The number of aromatic nitrogens is 1. The Morgan fingerprint density at radius 2 is 2.12 bits per heavy atom. The number of halogens is 1. The third-order valence-corrected chi connectivity index (χ3v) is 3.09. The van der Waals surface area contributed by atoms with Crippen LogP contribution in [0.4, 0.5) is 5.82 Å². The van der Waals surface area contributed by atoms with Crippen LogP contribution in [0.5, 0.6) is 0 Å². The molecule has 1 aliphatic rings. The predicted octanol–water partition coefficient (Wildman–Crippen LogP) is 3.31. The molecule has 94 valence electrons. The molecule has 0 atom stereocenters. The highest BCUT2D eigenvalue weighted by molar-refractivity contribution is 9.10. The van der Waals surface area contributed by atoms with Gasteiger partial charge in [0, 0.05) is 34.4 Å². The monoisotopic (exact) mass is 297 g/mol. The molecule has 2 N–H and O–H groups in total. The van der Waals surface area contributed by atoms with Crippen LogP contribution in [0, 0.1) is 0 Å². The molecule has 17 heavy (non-hydrogen) atoms. The Hall–Kier alpha value is -0.610. The van der Waals surface area contributed by atoms with Gasteiger partial charge < -0.3 is 10.6 Å². The van der Waals surface area contributed by atoms with Crippen molar-refractivity contribution in [1.29, 1.82) is 0 Å². The van der Waals surface area contributed by atoms with E-state index >= 15 is 0 Å². The van der Waals surface area contributed by atoms with Gasteiger partial charge in [0.25, 0.3) is 0 Å². The zero-order chi connectivity index (χ0) is 12.5. The van der Waals surface area contributed by atoms with Crippen molar-refractivity contribution in [3.8, 4) is 0 Å². The Morgan fingerprint density at radius 3 is 2.71 bits per heavy atom. The molecule has 0 aromatic carbocycles. The second-order valence-electron chi connectivity index (χ2n) is 5.68. The van der Waals surface area contributed by atoms with E-state index in [1.807, 2.05) is 6.20 Å². The first kappa shape index (κ1) is 12.8. The zero-order valence-corrected chi connectivity index (χ0v) is 12.3. The Kier molecular flexibility index (Phi) is 3.73. The van der Waals surface area contributed by atoms with Gasteiger partial charge in [0.2, 0.25) is 0 Å². The normalized spacial score (nSPS) is 16.0. The molecule has 1 fully saturated rings. The maximum atomic E-state index is 4.46. The highest BCUT2D eigenvalue weighted by Gasteiger charge is 2.22. The van der Waals surface area contributed by atoms with Gasteiger partial charge in [-0.1, -0.05) is 0 Å². The van der Waals surface area contributed by atoms with Crippen molar-refractivity contribution in [3.05, 3.63) is 22.3 Å². The summed E-state index contributed by atoms with van der Waals surface area (Å²) in [5.41, 5.74) is 1.35. The molecule has 0 amide bonds. The first-order valence-electron chi connectivity index (χ1n) is 6.10. The highest BCUT2D eigenvalue weighted by atomic mass is 79.9. The summed E-state index contributed by atoms with van der Waals surface area (Å²) >= 11 is 3.48. The van der Waals surface area contributed by atoms with Gasteiger partial charge in [-0.05, 0) is 55.6 Å². The summed E-state index contributed by atoms with van der Waals surface area (Å²) in [5, 5.41) is 6.97. The molecular weight excluding hydrogens is 278 g/mol. The third-order valence-electron chi connectivity index (χ3n) is 2.66. The van der Waals surface area contributed by atoms with Crippen LogP contribution in [0.1, 0.15) is 39.2 Å². The van der Waals surface area contributed by atoms with Crippen LogP contribution in [0.2, 0.25) is 0 Å². The van der Waals surface area contributed by atoms with Gasteiger partial charge in [0.1, 0.15) is 5.82 Å². The maximum absolute atomic E-state index is 4.46. The molecule has 0 unspecified atom stereocenters. The van der Waals surface area contributed by atoms with Gasteiger partial charge in [0.15, 0.2) is 0 Å². The van der Waals surface area contributed by atoms with E-state index < -0.39 is 0 Å². The molecule has 0 aliphatic heterocycles. The maximum Gasteiger partial charge on any atom is 0.130 e. The summed E-state index contributed by atoms with van der Waals surface area (Å²) in [6.07, 6.45) is 4.39. The van der Waals surface area contributed by atoms with E-state index in [4.69, 9.17) is 0 Å². The lowest BCUT2D eigenvalue weighted by molar-refractivity contribution is 0.424. The third kappa shape index (κ3) is 4.28. The molecule has 0 spiro atoms. The quantitative estimate of drug-likeness (QED) is 0.895. The van der Waals surface area contributed by atoms with Gasteiger partial charge in [0.05, 0.1) is 0 Å². The van der Waals surface area contributed by atoms with E-state index in [-0.39, 0.29) is 5.54 Å². The molecule has 1 aliphatic carbocycles. The first-order chi connectivity index (χ1) is 7.94. The number of hydrogen-bond acceptors (Lipinski definition) is 3. The second kappa shape index (κ2) is 4.94. The topological polar surface area (TPSA) is 37.0 Å². The van der Waals surface area contributed by atoms with Crippen LogP contribution in [-0.4, -0.2) is 16.6 Å². The van der Waals surface area contributed by atoms with Crippen LogP contribution in [0.3, 0.4) is 0 Å². The van der Waals surface area contributed by atoms with Gasteiger partial charge in [-0.2, -0.15) is 0 Å². The second-order valence-corrected chi connectivity index (χ2v) is 6.60. The summed E-state index contributed by atoms with van der Waals surface area (Å²) < 4.78 is 1.03. The Morgan fingerprint density at radius 1 is 1.41 bits per heavy atom. The Labute approximate surface area is 112 Å². The molecule has 0 saturated heterocycles. The largest absolute Gasteiger partial charge is 0.367 e. The fourth-order valence-electron chi connectivity index (χ4n) is 1.53. The highest BCUT2D eigenvalue weighted by Crippen LogP contribution is 2.27. The number of rotatable bonds is 4. The summed E-state index contributed by atoms with van der Waals surface area (Å²) in [6, 6.07) is 2.77. The van der Waals surface area contributed by atoms with Crippen molar-refractivity contribution in [3.63, 3.8) is 0 Å². The van der Waals surface area contributed by atoms with Gasteiger partial charge in [-0.25, -0.2) is 4.98 Å². The van der Waals surface area contributed by atoms with Crippen LogP contribution in [0.25, 0.3) is 0 Å². The minimum Gasteiger partial charge on any atom is -0.367 e. The van der Waals surface area contributed by atoms with Crippen molar-refractivity contribution < 1.29 is 0 Å². The van der Waals surface area contributed by atoms with Crippen molar-refractivity contribution in [2.24, 2.45) is 0 Å². The summed E-state index contributed by atoms with van der Waals surface area (Å²) in [6.45, 7) is 7.36. The van der Waals surface area contributed by atoms with Gasteiger partial charge >= 0.3 is 0 Å². The van der Waals surface area contributed by atoms with E-state index in [1.165, 1.54) is 18.4 Å². The molecule has 3 nitrogen and oxygen atoms in total. The van der Waals surface area contributed by atoms with Crippen molar-refractivity contribution in [2.75, 3.05) is 5.32 Å². The first-order valence-corrected chi connectivity index (χ1v) is 6.89.